The second-order valence-electron chi connectivity index (χ2n) is 3.75. The molecule has 0 spiro atoms. The van der Waals surface area contributed by atoms with E-state index in [1.54, 1.807) is 12.1 Å². The summed E-state index contributed by atoms with van der Waals surface area (Å²) in [6, 6.07) is 7.24. The van der Waals surface area contributed by atoms with Crippen molar-refractivity contribution in [2.75, 3.05) is 5.32 Å². The van der Waals surface area contributed by atoms with Gasteiger partial charge in [0.05, 0.1) is 5.69 Å². The highest BCUT2D eigenvalue weighted by Crippen LogP contribution is 2.34. The molecule has 0 aromatic heterocycles. The molecule has 1 N–H and O–H groups in total. The van der Waals surface area contributed by atoms with Crippen LogP contribution in [0, 0.1) is 11.7 Å². The van der Waals surface area contributed by atoms with Crippen LogP contribution in [0.3, 0.4) is 0 Å². The lowest BCUT2D eigenvalue weighted by Gasteiger charge is -2.14. The lowest BCUT2D eigenvalue weighted by molar-refractivity contribution is 0.619. The van der Waals surface area contributed by atoms with Gasteiger partial charge in [-0.25, -0.2) is 4.39 Å². The Labute approximate surface area is 78.0 Å². The Morgan fingerprint density at radius 3 is 2.69 bits per heavy atom. The van der Waals surface area contributed by atoms with Gasteiger partial charge in [0.2, 0.25) is 0 Å². The molecule has 1 fully saturated rings. The topological polar surface area (TPSA) is 12.0 Å². The summed E-state index contributed by atoms with van der Waals surface area (Å²) in [6.45, 7) is 2.12. The molecule has 1 aliphatic rings. The Morgan fingerprint density at radius 1 is 1.38 bits per heavy atom. The second-order valence-corrected chi connectivity index (χ2v) is 3.75. The standard InChI is InChI=1S/C11H14FN/c1-8(9-6-7-9)13-11-5-3-2-4-10(11)12/h2-5,8-9,13H,6-7H2,1H3. The number of anilines is 1. The largest absolute Gasteiger partial charge is 0.380 e. The van der Waals surface area contributed by atoms with E-state index in [1.165, 1.54) is 18.9 Å². The summed E-state index contributed by atoms with van der Waals surface area (Å²) in [6.07, 6.45) is 2.56. The third-order valence-corrected chi connectivity index (χ3v) is 2.59. The highest BCUT2D eigenvalue weighted by Gasteiger charge is 2.27. The molecule has 13 heavy (non-hydrogen) atoms. The smallest absolute Gasteiger partial charge is 0.146 e. The third-order valence-electron chi connectivity index (χ3n) is 2.59. The van der Waals surface area contributed by atoms with Crippen molar-refractivity contribution in [2.24, 2.45) is 5.92 Å². The van der Waals surface area contributed by atoms with Crippen LogP contribution in [0.15, 0.2) is 24.3 Å². The van der Waals surface area contributed by atoms with E-state index in [2.05, 4.69) is 12.2 Å². The predicted octanol–water partition coefficient (Wildman–Crippen LogP) is 3.04. The van der Waals surface area contributed by atoms with E-state index in [9.17, 15) is 4.39 Å². The van der Waals surface area contributed by atoms with Gasteiger partial charge in [0.1, 0.15) is 5.82 Å². The van der Waals surface area contributed by atoms with E-state index in [4.69, 9.17) is 0 Å². The van der Waals surface area contributed by atoms with Crippen LogP contribution in [0.25, 0.3) is 0 Å². The summed E-state index contributed by atoms with van der Waals surface area (Å²) in [4.78, 5) is 0. The van der Waals surface area contributed by atoms with Gasteiger partial charge in [0.25, 0.3) is 0 Å². The van der Waals surface area contributed by atoms with Crippen LogP contribution in [-0.2, 0) is 0 Å². The zero-order valence-electron chi connectivity index (χ0n) is 7.76. The molecule has 1 unspecified atom stereocenters. The molecule has 0 radical (unpaired) electrons. The summed E-state index contributed by atoms with van der Waals surface area (Å²) >= 11 is 0. The molecule has 2 rings (SSSR count). The van der Waals surface area contributed by atoms with Crippen molar-refractivity contribution in [3.05, 3.63) is 30.1 Å². The van der Waals surface area contributed by atoms with Crippen molar-refractivity contribution in [3.63, 3.8) is 0 Å². The van der Waals surface area contributed by atoms with Crippen LogP contribution in [0.2, 0.25) is 0 Å². The SMILES string of the molecule is CC(Nc1ccccc1F)C1CC1. The minimum absolute atomic E-state index is 0.157. The zero-order valence-corrected chi connectivity index (χ0v) is 7.76. The average molecular weight is 179 g/mol. The first-order chi connectivity index (χ1) is 6.27. The highest BCUT2D eigenvalue weighted by molar-refractivity contribution is 5.45. The normalized spacial score (nSPS) is 18.3. The van der Waals surface area contributed by atoms with Gasteiger partial charge in [-0.1, -0.05) is 12.1 Å². The van der Waals surface area contributed by atoms with Gasteiger partial charge in [0, 0.05) is 6.04 Å². The Hall–Kier alpha value is -1.05. The maximum absolute atomic E-state index is 13.2. The second kappa shape index (κ2) is 3.36. The predicted molar refractivity (Wildman–Crippen MR) is 52.2 cm³/mol. The fourth-order valence-corrected chi connectivity index (χ4v) is 1.54. The molecular formula is C11H14FN. The quantitative estimate of drug-likeness (QED) is 0.752. The Bertz CT molecular complexity index is 294. The number of halogens is 1. The van der Waals surface area contributed by atoms with Gasteiger partial charge in [-0.15, -0.1) is 0 Å². The number of hydrogen-bond donors (Lipinski definition) is 1. The maximum atomic E-state index is 13.2. The Balaban J connectivity index is 2.03. The van der Waals surface area contributed by atoms with E-state index >= 15 is 0 Å². The van der Waals surface area contributed by atoms with Crippen LogP contribution >= 0.6 is 0 Å². The van der Waals surface area contributed by atoms with E-state index in [0.717, 1.165) is 5.92 Å². The Kier molecular flexibility index (Phi) is 2.21. The van der Waals surface area contributed by atoms with Gasteiger partial charge < -0.3 is 5.32 Å². The number of hydrogen-bond acceptors (Lipinski definition) is 1. The average Bonchev–Trinajstić information content (AvgIpc) is 2.91. The van der Waals surface area contributed by atoms with Crippen molar-refractivity contribution in [1.29, 1.82) is 0 Å². The lowest BCUT2D eigenvalue weighted by atomic mass is 10.2. The molecule has 70 valence electrons. The molecule has 1 aliphatic carbocycles. The fourth-order valence-electron chi connectivity index (χ4n) is 1.54. The van der Waals surface area contributed by atoms with Crippen molar-refractivity contribution in [1.82, 2.24) is 0 Å². The highest BCUT2D eigenvalue weighted by atomic mass is 19.1. The molecule has 0 bridgehead atoms. The van der Waals surface area contributed by atoms with Gasteiger partial charge in [-0.05, 0) is 37.8 Å². The molecule has 0 saturated heterocycles. The first-order valence-electron chi connectivity index (χ1n) is 4.78. The summed E-state index contributed by atoms with van der Waals surface area (Å²) in [5.74, 6) is 0.592. The molecule has 2 heteroatoms. The lowest BCUT2D eigenvalue weighted by Crippen LogP contribution is -2.17. The fraction of sp³-hybridized carbons (Fsp3) is 0.455. The van der Waals surface area contributed by atoms with Crippen LogP contribution in [0.5, 0.6) is 0 Å². The zero-order chi connectivity index (χ0) is 9.26. The van der Waals surface area contributed by atoms with Gasteiger partial charge in [-0.3, -0.25) is 0 Å². The van der Waals surface area contributed by atoms with Crippen LogP contribution < -0.4 is 5.32 Å². The summed E-state index contributed by atoms with van der Waals surface area (Å²) in [5, 5.41) is 3.20. The van der Waals surface area contributed by atoms with Crippen LogP contribution in [0.4, 0.5) is 10.1 Å². The summed E-state index contributed by atoms with van der Waals surface area (Å²) in [7, 11) is 0. The van der Waals surface area contributed by atoms with Crippen molar-refractivity contribution in [2.45, 2.75) is 25.8 Å². The van der Waals surface area contributed by atoms with Crippen molar-refractivity contribution < 1.29 is 4.39 Å². The number of nitrogens with one attached hydrogen (secondary N) is 1. The monoisotopic (exact) mass is 179 g/mol. The first kappa shape index (κ1) is 8.54. The van der Waals surface area contributed by atoms with E-state index in [0.29, 0.717) is 11.7 Å². The van der Waals surface area contributed by atoms with E-state index in [1.807, 2.05) is 6.07 Å². The van der Waals surface area contributed by atoms with Gasteiger partial charge in [-0.2, -0.15) is 0 Å². The van der Waals surface area contributed by atoms with Crippen molar-refractivity contribution in [3.8, 4) is 0 Å². The minimum atomic E-state index is -0.157. The Morgan fingerprint density at radius 2 is 2.08 bits per heavy atom. The number of rotatable bonds is 3. The van der Waals surface area contributed by atoms with Crippen LogP contribution in [-0.4, -0.2) is 6.04 Å². The number of benzene rings is 1. The van der Waals surface area contributed by atoms with Crippen molar-refractivity contribution >= 4 is 5.69 Å². The van der Waals surface area contributed by atoms with E-state index < -0.39 is 0 Å². The summed E-state index contributed by atoms with van der Waals surface area (Å²) in [5.41, 5.74) is 0.627. The molecule has 0 heterocycles. The molecule has 1 aromatic rings. The van der Waals surface area contributed by atoms with Crippen LogP contribution in [0.1, 0.15) is 19.8 Å². The summed E-state index contributed by atoms with van der Waals surface area (Å²) < 4.78 is 13.2. The molecular weight excluding hydrogens is 165 g/mol. The molecule has 1 nitrogen and oxygen atoms in total. The van der Waals surface area contributed by atoms with E-state index in [-0.39, 0.29) is 5.82 Å². The van der Waals surface area contributed by atoms with Gasteiger partial charge in [0.15, 0.2) is 0 Å². The number of para-hydroxylation sites is 1. The first-order valence-corrected chi connectivity index (χ1v) is 4.78. The molecule has 1 aromatic carbocycles. The molecule has 1 atom stereocenters. The maximum Gasteiger partial charge on any atom is 0.146 e. The molecule has 0 aliphatic heterocycles. The minimum Gasteiger partial charge on any atom is -0.380 e. The molecule has 0 amide bonds. The third kappa shape index (κ3) is 2.00. The van der Waals surface area contributed by atoms with Gasteiger partial charge >= 0.3 is 0 Å². The molecule has 1 saturated carbocycles.